The number of ether oxygens (including phenoxy) is 2. The number of aromatic nitrogens is 2. The Morgan fingerprint density at radius 3 is 2.81 bits per heavy atom. The van der Waals surface area contributed by atoms with Crippen molar-refractivity contribution in [1.82, 2.24) is 15.3 Å². The van der Waals surface area contributed by atoms with Gasteiger partial charge in [0.25, 0.3) is 0 Å². The molecule has 1 fully saturated rings. The summed E-state index contributed by atoms with van der Waals surface area (Å²) < 4.78 is 10.7. The van der Waals surface area contributed by atoms with E-state index in [0.29, 0.717) is 25.5 Å². The van der Waals surface area contributed by atoms with Crippen LogP contribution in [0.4, 0.5) is 5.95 Å². The molecule has 27 heavy (non-hydrogen) atoms. The van der Waals surface area contributed by atoms with E-state index >= 15 is 0 Å². The molecule has 1 aliphatic rings. The lowest BCUT2D eigenvalue weighted by atomic mass is 9.97. The molecule has 7 heteroatoms. The Morgan fingerprint density at radius 2 is 2.07 bits per heavy atom. The van der Waals surface area contributed by atoms with Crippen molar-refractivity contribution in [2.45, 2.75) is 19.3 Å². The lowest BCUT2D eigenvalue weighted by Gasteiger charge is -2.31. The lowest BCUT2D eigenvalue weighted by molar-refractivity contribution is -0.125. The van der Waals surface area contributed by atoms with Gasteiger partial charge in [-0.25, -0.2) is 9.97 Å². The number of benzene rings is 1. The number of carbonyl (C=O) groups is 1. The molecule has 0 bridgehead atoms. The normalized spacial score (nSPS) is 16.7. The molecule has 2 heterocycles. The van der Waals surface area contributed by atoms with Gasteiger partial charge >= 0.3 is 0 Å². The largest absolute Gasteiger partial charge is 0.497 e. The predicted octanol–water partition coefficient (Wildman–Crippen LogP) is 2.07. The van der Waals surface area contributed by atoms with Gasteiger partial charge < -0.3 is 19.7 Å². The molecule has 1 N–H and O–H groups in total. The Kier molecular flexibility index (Phi) is 6.46. The van der Waals surface area contributed by atoms with E-state index in [2.05, 4.69) is 20.2 Å². The second kappa shape index (κ2) is 9.21. The molecule has 1 atom stereocenters. The van der Waals surface area contributed by atoms with E-state index in [9.17, 15) is 4.79 Å². The number of nitrogens with zero attached hydrogens (tertiary/aromatic N) is 3. The second-order valence-electron chi connectivity index (χ2n) is 6.55. The van der Waals surface area contributed by atoms with Gasteiger partial charge in [-0.2, -0.15) is 0 Å². The predicted molar refractivity (Wildman–Crippen MR) is 103 cm³/mol. The zero-order valence-electron chi connectivity index (χ0n) is 15.9. The molecule has 3 rings (SSSR count). The van der Waals surface area contributed by atoms with Gasteiger partial charge in [-0.3, -0.25) is 4.79 Å². The third-order valence-electron chi connectivity index (χ3n) is 4.81. The summed E-state index contributed by atoms with van der Waals surface area (Å²) in [7, 11) is 3.28. The van der Waals surface area contributed by atoms with Gasteiger partial charge in [0.2, 0.25) is 11.9 Å². The smallest absolute Gasteiger partial charge is 0.225 e. The number of nitrogens with one attached hydrogen (secondary N) is 1. The van der Waals surface area contributed by atoms with Crippen molar-refractivity contribution >= 4 is 11.9 Å². The lowest BCUT2D eigenvalue weighted by Crippen LogP contribution is -2.44. The van der Waals surface area contributed by atoms with Crippen LogP contribution in [0.2, 0.25) is 0 Å². The third-order valence-corrected chi connectivity index (χ3v) is 4.81. The van der Waals surface area contributed by atoms with Gasteiger partial charge in [0, 0.05) is 32.0 Å². The topological polar surface area (TPSA) is 76.6 Å². The summed E-state index contributed by atoms with van der Waals surface area (Å²) in [6.07, 6.45) is 5.99. The maximum Gasteiger partial charge on any atom is 0.225 e. The Hall–Kier alpha value is -2.83. The minimum Gasteiger partial charge on any atom is -0.497 e. The SMILES string of the molecule is COc1ccc(OC)c(CCNC(=O)[C@@H]2CCCN(c3ncccn3)C2)c1. The third kappa shape index (κ3) is 4.87. The van der Waals surface area contributed by atoms with Crippen LogP contribution in [0.5, 0.6) is 11.5 Å². The second-order valence-corrected chi connectivity index (χ2v) is 6.55. The fourth-order valence-electron chi connectivity index (χ4n) is 3.37. The van der Waals surface area contributed by atoms with E-state index in [0.717, 1.165) is 36.4 Å². The Morgan fingerprint density at radius 1 is 1.26 bits per heavy atom. The molecule has 0 saturated carbocycles. The summed E-state index contributed by atoms with van der Waals surface area (Å²) in [5, 5.41) is 3.06. The highest BCUT2D eigenvalue weighted by molar-refractivity contribution is 5.79. The molecule has 0 unspecified atom stereocenters. The number of carbonyl (C=O) groups excluding carboxylic acids is 1. The number of rotatable bonds is 7. The Balaban J connectivity index is 1.53. The number of hydrogen-bond donors (Lipinski definition) is 1. The number of anilines is 1. The van der Waals surface area contributed by atoms with Gasteiger partial charge in [0.05, 0.1) is 20.1 Å². The van der Waals surface area contributed by atoms with Crippen LogP contribution in [0.3, 0.4) is 0 Å². The zero-order valence-corrected chi connectivity index (χ0v) is 15.9. The monoisotopic (exact) mass is 370 g/mol. The van der Waals surface area contributed by atoms with Gasteiger partial charge in [-0.15, -0.1) is 0 Å². The van der Waals surface area contributed by atoms with Gasteiger partial charge in [-0.05, 0) is 49.1 Å². The van der Waals surface area contributed by atoms with Crippen molar-refractivity contribution in [3.8, 4) is 11.5 Å². The summed E-state index contributed by atoms with van der Waals surface area (Å²) >= 11 is 0. The summed E-state index contributed by atoms with van der Waals surface area (Å²) in [4.78, 5) is 23.3. The molecule has 0 aliphatic carbocycles. The highest BCUT2D eigenvalue weighted by Gasteiger charge is 2.26. The number of hydrogen-bond acceptors (Lipinski definition) is 6. The van der Waals surface area contributed by atoms with Crippen LogP contribution in [0.25, 0.3) is 0 Å². The highest BCUT2D eigenvalue weighted by atomic mass is 16.5. The van der Waals surface area contributed by atoms with Gasteiger partial charge in [0.1, 0.15) is 11.5 Å². The number of piperidine rings is 1. The summed E-state index contributed by atoms with van der Waals surface area (Å²) in [5.41, 5.74) is 1.01. The van der Waals surface area contributed by atoms with Crippen LogP contribution in [0, 0.1) is 5.92 Å². The van der Waals surface area contributed by atoms with Crippen LogP contribution in [-0.4, -0.2) is 49.7 Å². The van der Waals surface area contributed by atoms with Crippen LogP contribution in [0.1, 0.15) is 18.4 Å². The molecular formula is C20H26N4O3. The minimum absolute atomic E-state index is 0.0465. The first-order chi connectivity index (χ1) is 13.2. The van der Waals surface area contributed by atoms with Gasteiger partial charge in [0.15, 0.2) is 0 Å². The number of amides is 1. The minimum atomic E-state index is -0.0465. The molecule has 1 amide bonds. The number of methoxy groups -OCH3 is 2. The van der Waals surface area contributed by atoms with Crippen molar-refractivity contribution in [2.75, 3.05) is 38.8 Å². The van der Waals surface area contributed by atoms with Crippen LogP contribution in [0.15, 0.2) is 36.7 Å². The zero-order chi connectivity index (χ0) is 19.1. The molecule has 1 aliphatic heterocycles. The fraction of sp³-hybridized carbons (Fsp3) is 0.450. The quantitative estimate of drug-likeness (QED) is 0.804. The van der Waals surface area contributed by atoms with Crippen molar-refractivity contribution in [2.24, 2.45) is 5.92 Å². The van der Waals surface area contributed by atoms with E-state index < -0.39 is 0 Å². The van der Waals surface area contributed by atoms with E-state index in [4.69, 9.17) is 9.47 Å². The molecule has 1 saturated heterocycles. The van der Waals surface area contributed by atoms with E-state index in [1.54, 1.807) is 32.7 Å². The van der Waals surface area contributed by atoms with Crippen molar-refractivity contribution < 1.29 is 14.3 Å². The average Bonchev–Trinajstić information content (AvgIpc) is 2.74. The molecule has 7 nitrogen and oxygen atoms in total. The van der Waals surface area contributed by atoms with Crippen LogP contribution < -0.4 is 19.7 Å². The summed E-state index contributed by atoms with van der Waals surface area (Å²) in [6, 6.07) is 7.49. The summed E-state index contributed by atoms with van der Waals surface area (Å²) in [6.45, 7) is 2.09. The molecular weight excluding hydrogens is 344 g/mol. The first-order valence-electron chi connectivity index (χ1n) is 9.22. The van der Waals surface area contributed by atoms with Crippen LogP contribution >= 0.6 is 0 Å². The standard InChI is InChI=1S/C20H26N4O3/c1-26-17-6-7-18(27-2)15(13-17)8-11-21-19(25)16-5-3-12-24(14-16)20-22-9-4-10-23-20/h4,6-7,9-10,13,16H,3,5,8,11-12,14H2,1-2H3,(H,21,25)/t16-/m1/s1. The maximum atomic E-state index is 12.6. The van der Waals surface area contributed by atoms with E-state index in [1.807, 2.05) is 18.2 Å². The van der Waals surface area contributed by atoms with Gasteiger partial charge in [-0.1, -0.05) is 0 Å². The first-order valence-corrected chi connectivity index (χ1v) is 9.22. The fourth-order valence-corrected chi connectivity index (χ4v) is 3.37. The van der Waals surface area contributed by atoms with Crippen molar-refractivity contribution in [3.05, 3.63) is 42.2 Å². The van der Waals surface area contributed by atoms with Crippen molar-refractivity contribution in [1.29, 1.82) is 0 Å². The molecule has 0 radical (unpaired) electrons. The Labute approximate surface area is 159 Å². The molecule has 2 aromatic rings. The maximum absolute atomic E-state index is 12.6. The summed E-state index contributed by atoms with van der Waals surface area (Å²) in [5.74, 6) is 2.31. The Bertz CT molecular complexity index is 754. The average molecular weight is 370 g/mol. The first kappa shape index (κ1) is 18.9. The van der Waals surface area contributed by atoms with Crippen molar-refractivity contribution in [3.63, 3.8) is 0 Å². The van der Waals surface area contributed by atoms with E-state index in [1.165, 1.54) is 0 Å². The van der Waals surface area contributed by atoms with Crippen LogP contribution in [-0.2, 0) is 11.2 Å². The molecule has 1 aromatic heterocycles. The highest BCUT2D eigenvalue weighted by Crippen LogP contribution is 2.24. The molecule has 144 valence electrons. The molecule has 0 spiro atoms. The molecule has 1 aromatic carbocycles. The van der Waals surface area contributed by atoms with E-state index in [-0.39, 0.29) is 11.8 Å².